The van der Waals surface area contributed by atoms with Gasteiger partial charge in [0, 0.05) is 34.3 Å². The maximum atomic E-state index is 15.1. The molecule has 0 N–H and O–H groups in total. The fourth-order valence-corrected chi connectivity index (χ4v) is 6.69. The molecule has 1 fully saturated rings. The summed E-state index contributed by atoms with van der Waals surface area (Å²) in [4.78, 5) is 18.7. The highest BCUT2D eigenvalue weighted by atomic mass is 35.5. The minimum absolute atomic E-state index is 0.0368. The van der Waals surface area contributed by atoms with Crippen LogP contribution in [0.1, 0.15) is 40.9 Å². The van der Waals surface area contributed by atoms with Crippen LogP contribution < -0.4 is 0 Å². The molecule has 0 unspecified atom stereocenters. The van der Waals surface area contributed by atoms with Crippen LogP contribution in [0.4, 0.5) is 4.39 Å². The maximum absolute atomic E-state index is 15.1. The number of hydrogen-bond donors (Lipinski definition) is 0. The molecule has 3 aromatic carbocycles. The van der Waals surface area contributed by atoms with Gasteiger partial charge in [0.25, 0.3) is 5.91 Å². The standard InChI is InChI=1S/C30H30ClFN2OS/c1-33(2)23-13-15-24(16-14-23)34(30(35)29-28(31)25-10-6-7-11-27(25)36-29)19-22-18-21(12-17-26(22)32)20-8-4-3-5-9-20/h3-12,17-18,23-24H,13-16,19H2,1-2H3/t23-,24-. The number of thiophene rings is 1. The molecular formula is C30H30ClFN2OS. The lowest BCUT2D eigenvalue weighted by atomic mass is 9.89. The van der Waals surface area contributed by atoms with Crippen molar-refractivity contribution in [1.82, 2.24) is 9.80 Å². The Bertz CT molecular complexity index is 1360. The summed E-state index contributed by atoms with van der Waals surface area (Å²) in [5, 5.41) is 1.38. The van der Waals surface area contributed by atoms with Gasteiger partial charge in [-0.2, -0.15) is 0 Å². The second-order valence-corrected chi connectivity index (χ2v) is 11.2. The molecule has 1 heterocycles. The number of nitrogens with zero attached hydrogens (tertiary/aromatic N) is 2. The number of carbonyl (C=O) groups excluding carboxylic acids is 1. The summed E-state index contributed by atoms with van der Waals surface area (Å²) in [6.07, 6.45) is 3.79. The fraction of sp³-hybridized carbons (Fsp3) is 0.300. The molecule has 0 radical (unpaired) electrons. The quantitative estimate of drug-likeness (QED) is 0.258. The van der Waals surface area contributed by atoms with E-state index in [4.69, 9.17) is 11.6 Å². The van der Waals surface area contributed by atoms with Crippen molar-refractivity contribution in [2.45, 2.75) is 44.3 Å². The molecule has 6 heteroatoms. The van der Waals surface area contributed by atoms with Crippen LogP contribution in [0.2, 0.25) is 5.02 Å². The van der Waals surface area contributed by atoms with Crippen LogP contribution in [-0.4, -0.2) is 41.9 Å². The van der Waals surface area contributed by atoms with E-state index in [1.54, 1.807) is 6.07 Å². The van der Waals surface area contributed by atoms with Gasteiger partial charge in [-0.25, -0.2) is 4.39 Å². The zero-order chi connectivity index (χ0) is 25.2. The van der Waals surface area contributed by atoms with Crippen molar-refractivity contribution < 1.29 is 9.18 Å². The summed E-state index contributed by atoms with van der Waals surface area (Å²) in [6, 6.07) is 23.5. The van der Waals surface area contributed by atoms with Crippen LogP contribution in [0.25, 0.3) is 21.2 Å². The average Bonchev–Trinajstić information content (AvgIpc) is 3.25. The minimum atomic E-state index is -0.295. The van der Waals surface area contributed by atoms with E-state index in [1.807, 2.05) is 65.6 Å². The molecule has 0 bridgehead atoms. The first-order chi connectivity index (χ1) is 17.4. The predicted octanol–water partition coefficient (Wildman–Crippen LogP) is 7.88. The summed E-state index contributed by atoms with van der Waals surface area (Å²) in [5.74, 6) is -0.407. The van der Waals surface area contributed by atoms with Gasteiger partial charge in [-0.05, 0) is 69.1 Å². The van der Waals surface area contributed by atoms with Crippen molar-refractivity contribution in [3.63, 3.8) is 0 Å². The van der Waals surface area contributed by atoms with Gasteiger partial charge in [-0.3, -0.25) is 4.79 Å². The fourth-order valence-electron chi connectivity index (χ4n) is 5.22. The number of rotatable bonds is 6. The van der Waals surface area contributed by atoms with E-state index in [9.17, 15) is 4.79 Å². The van der Waals surface area contributed by atoms with Crippen LogP contribution in [-0.2, 0) is 6.54 Å². The van der Waals surface area contributed by atoms with Crippen molar-refractivity contribution in [1.29, 1.82) is 0 Å². The van der Waals surface area contributed by atoms with E-state index in [1.165, 1.54) is 17.4 Å². The van der Waals surface area contributed by atoms with Crippen LogP contribution >= 0.6 is 22.9 Å². The van der Waals surface area contributed by atoms with Gasteiger partial charge in [-0.1, -0.05) is 66.2 Å². The highest BCUT2D eigenvalue weighted by molar-refractivity contribution is 7.21. The number of carbonyl (C=O) groups is 1. The summed E-state index contributed by atoms with van der Waals surface area (Å²) in [7, 11) is 4.21. The molecule has 0 saturated heterocycles. The summed E-state index contributed by atoms with van der Waals surface area (Å²) in [5.41, 5.74) is 2.49. The normalized spacial score (nSPS) is 18.0. The van der Waals surface area contributed by atoms with Crippen LogP contribution in [0.15, 0.2) is 72.8 Å². The van der Waals surface area contributed by atoms with E-state index >= 15 is 4.39 Å². The number of halogens is 2. The molecule has 1 aliphatic rings. The van der Waals surface area contributed by atoms with Crippen molar-refractivity contribution in [2.75, 3.05) is 14.1 Å². The van der Waals surface area contributed by atoms with Gasteiger partial charge in [0.15, 0.2) is 0 Å². The molecule has 1 aliphatic carbocycles. The third-order valence-corrected chi connectivity index (χ3v) is 8.98. The SMILES string of the molecule is CN(C)[C@H]1CC[C@H](N(Cc2cc(-c3ccccc3)ccc2F)C(=O)c2sc3ccccc3c2Cl)CC1. The Labute approximate surface area is 221 Å². The molecule has 4 aromatic rings. The zero-order valence-corrected chi connectivity index (χ0v) is 22.2. The first-order valence-electron chi connectivity index (χ1n) is 12.4. The lowest BCUT2D eigenvalue weighted by Gasteiger charge is -2.39. The van der Waals surface area contributed by atoms with Gasteiger partial charge in [0.2, 0.25) is 0 Å². The second-order valence-electron chi connectivity index (χ2n) is 9.77. The number of hydrogen-bond acceptors (Lipinski definition) is 3. The van der Waals surface area contributed by atoms with Crippen molar-refractivity contribution >= 4 is 38.9 Å². The van der Waals surface area contributed by atoms with E-state index in [0.717, 1.165) is 46.9 Å². The summed E-state index contributed by atoms with van der Waals surface area (Å²) in [6.45, 7) is 0.215. The first kappa shape index (κ1) is 24.9. The lowest BCUT2D eigenvalue weighted by molar-refractivity contribution is 0.0572. The largest absolute Gasteiger partial charge is 0.330 e. The maximum Gasteiger partial charge on any atom is 0.266 e. The Balaban J connectivity index is 1.50. The number of amides is 1. The van der Waals surface area contributed by atoms with Crippen LogP contribution in [0.5, 0.6) is 0 Å². The molecular weight excluding hydrogens is 491 g/mol. The topological polar surface area (TPSA) is 23.6 Å². The van der Waals surface area contributed by atoms with Gasteiger partial charge >= 0.3 is 0 Å². The van der Waals surface area contributed by atoms with E-state index in [2.05, 4.69) is 19.0 Å². The van der Waals surface area contributed by atoms with E-state index in [0.29, 0.717) is 21.5 Å². The van der Waals surface area contributed by atoms with Crippen molar-refractivity contribution in [3.8, 4) is 11.1 Å². The molecule has 0 atom stereocenters. The van der Waals surface area contributed by atoms with Gasteiger partial charge in [0.1, 0.15) is 10.7 Å². The Morgan fingerprint density at radius 1 is 0.917 bits per heavy atom. The molecule has 186 valence electrons. The molecule has 5 rings (SSSR count). The highest BCUT2D eigenvalue weighted by Gasteiger charge is 2.32. The van der Waals surface area contributed by atoms with Gasteiger partial charge < -0.3 is 9.80 Å². The monoisotopic (exact) mass is 520 g/mol. The summed E-state index contributed by atoms with van der Waals surface area (Å²) < 4.78 is 16.1. The molecule has 1 amide bonds. The van der Waals surface area contributed by atoms with Crippen molar-refractivity contribution in [3.05, 3.63) is 94.1 Å². The van der Waals surface area contributed by atoms with E-state index < -0.39 is 0 Å². The van der Waals surface area contributed by atoms with Gasteiger partial charge in [0.05, 0.1) is 5.02 Å². The second kappa shape index (κ2) is 10.7. The Hall–Kier alpha value is -2.73. The van der Waals surface area contributed by atoms with Crippen LogP contribution in [0, 0.1) is 5.82 Å². The molecule has 0 aliphatic heterocycles. The average molecular weight is 521 g/mol. The summed E-state index contributed by atoms with van der Waals surface area (Å²) >= 11 is 8.14. The molecule has 0 spiro atoms. The van der Waals surface area contributed by atoms with Crippen LogP contribution in [0.3, 0.4) is 0 Å². The minimum Gasteiger partial charge on any atom is -0.330 e. The molecule has 1 aromatic heterocycles. The number of fused-ring (bicyclic) bond motifs is 1. The first-order valence-corrected chi connectivity index (χ1v) is 13.6. The Morgan fingerprint density at radius 2 is 1.58 bits per heavy atom. The Kier molecular flexibility index (Phi) is 7.42. The zero-order valence-electron chi connectivity index (χ0n) is 20.6. The molecule has 3 nitrogen and oxygen atoms in total. The molecule has 36 heavy (non-hydrogen) atoms. The molecule has 1 saturated carbocycles. The highest BCUT2D eigenvalue weighted by Crippen LogP contribution is 2.38. The smallest absolute Gasteiger partial charge is 0.266 e. The van der Waals surface area contributed by atoms with E-state index in [-0.39, 0.29) is 24.3 Å². The van der Waals surface area contributed by atoms with Crippen molar-refractivity contribution in [2.24, 2.45) is 0 Å². The third kappa shape index (κ3) is 5.06. The number of benzene rings is 3. The van der Waals surface area contributed by atoms with Gasteiger partial charge in [-0.15, -0.1) is 11.3 Å². The Morgan fingerprint density at radius 3 is 2.28 bits per heavy atom. The predicted molar refractivity (Wildman–Crippen MR) is 148 cm³/mol. The lowest BCUT2D eigenvalue weighted by Crippen LogP contribution is -2.44. The third-order valence-electron chi connectivity index (χ3n) is 7.32.